The number of carbonyl (C=O) groups excluding carboxylic acids is 1. The predicted molar refractivity (Wildman–Crippen MR) is 79.2 cm³/mol. The zero-order chi connectivity index (χ0) is 13.5. The number of unbranched alkanes of at least 4 members (excludes halogenated alkanes) is 1. The molecule has 0 aliphatic heterocycles. The fourth-order valence-electron chi connectivity index (χ4n) is 1.93. The Morgan fingerprint density at radius 3 is 2.84 bits per heavy atom. The number of nitrogens with one attached hydrogen (secondary N) is 1. The molecule has 2 aromatic rings. The van der Waals surface area contributed by atoms with E-state index >= 15 is 0 Å². The molecule has 0 spiro atoms. The van der Waals surface area contributed by atoms with Gasteiger partial charge in [0.2, 0.25) is 5.91 Å². The minimum absolute atomic E-state index is 0.0293. The summed E-state index contributed by atoms with van der Waals surface area (Å²) in [5, 5.41) is 6.33. The van der Waals surface area contributed by atoms with Gasteiger partial charge in [0, 0.05) is 12.0 Å². The van der Waals surface area contributed by atoms with Crippen LogP contribution in [0.25, 0.3) is 10.8 Å². The molecule has 3 heteroatoms. The normalized spacial score (nSPS) is 11.0. The van der Waals surface area contributed by atoms with Crippen LogP contribution in [0.4, 0.5) is 0 Å². The molecule has 0 aliphatic rings. The van der Waals surface area contributed by atoms with E-state index in [1.807, 2.05) is 24.3 Å². The third-order valence-electron chi connectivity index (χ3n) is 2.97. The molecule has 98 valence electrons. The minimum atomic E-state index is -0.0293. The lowest BCUT2D eigenvalue weighted by Gasteiger charge is -2.01. The van der Waals surface area contributed by atoms with Gasteiger partial charge in [0.25, 0.3) is 0 Å². The van der Waals surface area contributed by atoms with Gasteiger partial charge in [-0.3, -0.25) is 4.79 Å². The van der Waals surface area contributed by atoms with Crippen LogP contribution in [0, 0.1) is 0 Å². The molecule has 1 N–H and O–H groups in total. The Hall–Kier alpha value is -2.16. The van der Waals surface area contributed by atoms with Gasteiger partial charge in [0.05, 0.1) is 6.21 Å². The van der Waals surface area contributed by atoms with E-state index in [1.165, 1.54) is 5.39 Å². The second-order valence-corrected chi connectivity index (χ2v) is 4.47. The number of hydrogen-bond acceptors (Lipinski definition) is 2. The van der Waals surface area contributed by atoms with Gasteiger partial charge >= 0.3 is 0 Å². The van der Waals surface area contributed by atoms with Gasteiger partial charge in [-0.15, -0.1) is 0 Å². The van der Waals surface area contributed by atoms with Crippen molar-refractivity contribution in [3.63, 3.8) is 0 Å². The molecule has 0 bridgehead atoms. The Morgan fingerprint density at radius 1 is 1.21 bits per heavy atom. The Labute approximate surface area is 113 Å². The van der Waals surface area contributed by atoms with Crippen molar-refractivity contribution in [2.45, 2.75) is 26.2 Å². The average Bonchev–Trinajstić information content (AvgIpc) is 2.45. The summed E-state index contributed by atoms with van der Waals surface area (Å²) in [5.74, 6) is -0.0293. The van der Waals surface area contributed by atoms with E-state index in [9.17, 15) is 4.79 Å². The molecule has 0 fully saturated rings. The monoisotopic (exact) mass is 254 g/mol. The summed E-state index contributed by atoms with van der Waals surface area (Å²) in [6, 6.07) is 14.2. The van der Waals surface area contributed by atoms with Crippen molar-refractivity contribution in [1.82, 2.24) is 5.43 Å². The molecule has 2 aromatic carbocycles. The summed E-state index contributed by atoms with van der Waals surface area (Å²) < 4.78 is 0. The van der Waals surface area contributed by atoms with Crippen LogP contribution in [0.15, 0.2) is 47.6 Å². The van der Waals surface area contributed by atoms with E-state index in [1.54, 1.807) is 6.21 Å². The second kappa shape index (κ2) is 6.69. The first-order chi connectivity index (χ1) is 9.31. The summed E-state index contributed by atoms with van der Waals surface area (Å²) in [5.41, 5.74) is 3.57. The fraction of sp³-hybridized carbons (Fsp3) is 0.250. The smallest absolute Gasteiger partial charge is 0.240 e. The van der Waals surface area contributed by atoms with Crippen LogP contribution >= 0.6 is 0 Å². The molecule has 0 aliphatic carbocycles. The third-order valence-corrected chi connectivity index (χ3v) is 2.97. The first-order valence-corrected chi connectivity index (χ1v) is 6.61. The third kappa shape index (κ3) is 3.65. The van der Waals surface area contributed by atoms with Crippen molar-refractivity contribution in [3.8, 4) is 0 Å². The predicted octanol–water partition coefficient (Wildman–Crippen LogP) is 3.48. The van der Waals surface area contributed by atoms with Gasteiger partial charge in [-0.25, -0.2) is 5.43 Å². The first-order valence-electron chi connectivity index (χ1n) is 6.61. The largest absolute Gasteiger partial charge is 0.273 e. The number of carbonyl (C=O) groups is 1. The molecule has 1 amide bonds. The van der Waals surface area contributed by atoms with Crippen LogP contribution in [0.1, 0.15) is 31.7 Å². The lowest BCUT2D eigenvalue weighted by atomic mass is 10.1. The fourth-order valence-corrected chi connectivity index (χ4v) is 1.93. The molecular weight excluding hydrogens is 236 g/mol. The highest BCUT2D eigenvalue weighted by Gasteiger charge is 1.99. The Morgan fingerprint density at radius 2 is 2.00 bits per heavy atom. The maximum atomic E-state index is 11.4. The maximum absolute atomic E-state index is 11.4. The molecule has 0 saturated carbocycles. The summed E-state index contributed by atoms with van der Waals surface area (Å²) in [7, 11) is 0. The van der Waals surface area contributed by atoms with Crippen LogP contribution < -0.4 is 5.43 Å². The highest BCUT2D eigenvalue weighted by atomic mass is 16.2. The zero-order valence-corrected chi connectivity index (χ0v) is 11.1. The van der Waals surface area contributed by atoms with Gasteiger partial charge in [-0.1, -0.05) is 55.8 Å². The SMILES string of the molecule is CCCCC(=O)NN=Cc1cccc2ccccc12. The van der Waals surface area contributed by atoms with Gasteiger partial charge in [0.15, 0.2) is 0 Å². The topological polar surface area (TPSA) is 41.5 Å². The molecule has 0 atom stereocenters. The molecule has 0 heterocycles. The number of benzene rings is 2. The summed E-state index contributed by atoms with van der Waals surface area (Å²) >= 11 is 0. The molecule has 2 rings (SSSR count). The summed E-state index contributed by atoms with van der Waals surface area (Å²) in [6.45, 7) is 2.06. The molecule has 0 aromatic heterocycles. The standard InChI is InChI=1S/C16H18N2O/c1-2-3-11-16(19)18-17-12-14-9-6-8-13-7-4-5-10-15(13)14/h4-10,12H,2-3,11H2,1H3,(H,18,19). The zero-order valence-electron chi connectivity index (χ0n) is 11.1. The quantitative estimate of drug-likeness (QED) is 0.644. The van der Waals surface area contributed by atoms with Gasteiger partial charge in [-0.05, 0) is 17.2 Å². The van der Waals surface area contributed by atoms with Crippen LogP contribution in [0.5, 0.6) is 0 Å². The van der Waals surface area contributed by atoms with Crippen molar-refractivity contribution < 1.29 is 4.79 Å². The molecular formula is C16H18N2O. The van der Waals surface area contributed by atoms with Crippen LogP contribution in [-0.4, -0.2) is 12.1 Å². The Balaban J connectivity index is 2.07. The van der Waals surface area contributed by atoms with E-state index in [2.05, 4.69) is 35.7 Å². The molecule has 0 unspecified atom stereocenters. The van der Waals surface area contributed by atoms with E-state index in [4.69, 9.17) is 0 Å². The Kier molecular flexibility index (Phi) is 4.67. The minimum Gasteiger partial charge on any atom is -0.273 e. The average molecular weight is 254 g/mol. The van der Waals surface area contributed by atoms with Crippen LogP contribution in [0.3, 0.4) is 0 Å². The van der Waals surface area contributed by atoms with Gasteiger partial charge in [0.1, 0.15) is 0 Å². The van der Waals surface area contributed by atoms with E-state index < -0.39 is 0 Å². The number of nitrogens with zero attached hydrogens (tertiary/aromatic N) is 1. The number of hydrazone groups is 1. The van der Waals surface area contributed by atoms with E-state index in [0.29, 0.717) is 6.42 Å². The molecule has 3 nitrogen and oxygen atoms in total. The number of rotatable bonds is 5. The highest BCUT2D eigenvalue weighted by Crippen LogP contribution is 2.16. The lowest BCUT2D eigenvalue weighted by Crippen LogP contribution is -2.16. The summed E-state index contributed by atoms with van der Waals surface area (Å²) in [6.07, 6.45) is 4.14. The van der Waals surface area contributed by atoms with Crippen LogP contribution in [-0.2, 0) is 4.79 Å². The van der Waals surface area contributed by atoms with Crippen molar-refractivity contribution in [2.24, 2.45) is 5.10 Å². The van der Waals surface area contributed by atoms with Gasteiger partial charge in [-0.2, -0.15) is 5.10 Å². The lowest BCUT2D eigenvalue weighted by molar-refractivity contribution is -0.121. The number of amides is 1. The van der Waals surface area contributed by atoms with Crippen molar-refractivity contribution in [2.75, 3.05) is 0 Å². The second-order valence-electron chi connectivity index (χ2n) is 4.47. The van der Waals surface area contributed by atoms with Gasteiger partial charge < -0.3 is 0 Å². The summed E-state index contributed by atoms with van der Waals surface area (Å²) in [4.78, 5) is 11.4. The highest BCUT2D eigenvalue weighted by molar-refractivity contribution is 5.99. The first kappa shape index (κ1) is 13.3. The van der Waals surface area contributed by atoms with E-state index in [-0.39, 0.29) is 5.91 Å². The van der Waals surface area contributed by atoms with Crippen LogP contribution in [0.2, 0.25) is 0 Å². The molecule has 0 saturated heterocycles. The van der Waals surface area contributed by atoms with Crippen molar-refractivity contribution in [3.05, 3.63) is 48.0 Å². The number of fused-ring (bicyclic) bond motifs is 1. The number of hydrogen-bond donors (Lipinski definition) is 1. The van der Waals surface area contributed by atoms with E-state index in [0.717, 1.165) is 23.8 Å². The van der Waals surface area contributed by atoms with Crippen molar-refractivity contribution in [1.29, 1.82) is 0 Å². The molecule has 19 heavy (non-hydrogen) atoms. The molecule has 0 radical (unpaired) electrons. The maximum Gasteiger partial charge on any atom is 0.240 e. The Bertz CT molecular complexity index is 585. The van der Waals surface area contributed by atoms with Crippen molar-refractivity contribution >= 4 is 22.9 Å².